The molecule has 0 saturated heterocycles. The van der Waals surface area contributed by atoms with Crippen molar-refractivity contribution in [3.8, 4) is 0 Å². The summed E-state index contributed by atoms with van der Waals surface area (Å²) in [7, 11) is 0. The SMILES string of the molecule is C=CCSc1ccccc1NC(=O)C(C)N. The van der Waals surface area contributed by atoms with Gasteiger partial charge in [0.15, 0.2) is 0 Å². The number of thioether (sulfide) groups is 1. The average molecular weight is 236 g/mol. The van der Waals surface area contributed by atoms with Crippen LogP contribution in [0.2, 0.25) is 0 Å². The Labute approximate surface area is 100 Å². The molecule has 1 aromatic rings. The number of carbonyl (C=O) groups is 1. The highest BCUT2D eigenvalue weighted by molar-refractivity contribution is 7.99. The van der Waals surface area contributed by atoms with E-state index >= 15 is 0 Å². The first-order valence-corrected chi connectivity index (χ1v) is 6.03. The van der Waals surface area contributed by atoms with Gasteiger partial charge in [-0.05, 0) is 19.1 Å². The topological polar surface area (TPSA) is 55.1 Å². The molecular weight excluding hydrogens is 220 g/mol. The van der Waals surface area contributed by atoms with Gasteiger partial charge < -0.3 is 11.1 Å². The Morgan fingerprint density at radius 3 is 2.94 bits per heavy atom. The van der Waals surface area contributed by atoms with E-state index in [9.17, 15) is 4.79 Å². The summed E-state index contributed by atoms with van der Waals surface area (Å²) in [5.41, 5.74) is 6.30. The average Bonchev–Trinajstić information content (AvgIpc) is 2.27. The van der Waals surface area contributed by atoms with Crippen molar-refractivity contribution >= 4 is 23.4 Å². The van der Waals surface area contributed by atoms with Gasteiger partial charge in [-0.15, -0.1) is 18.3 Å². The van der Waals surface area contributed by atoms with Crippen LogP contribution in [0.5, 0.6) is 0 Å². The van der Waals surface area contributed by atoms with E-state index in [0.717, 1.165) is 16.3 Å². The molecule has 1 rings (SSSR count). The van der Waals surface area contributed by atoms with E-state index in [-0.39, 0.29) is 5.91 Å². The van der Waals surface area contributed by atoms with E-state index in [4.69, 9.17) is 5.73 Å². The lowest BCUT2D eigenvalue weighted by Crippen LogP contribution is -2.32. The zero-order valence-corrected chi connectivity index (χ0v) is 10.1. The summed E-state index contributed by atoms with van der Waals surface area (Å²) in [4.78, 5) is 12.5. The number of hydrogen-bond donors (Lipinski definition) is 2. The Kier molecular flexibility index (Phi) is 5.08. The number of anilines is 1. The van der Waals surface area contributed by atoms with Crippen LogP contribution in [-0.2, 0) is 4.79 Å². The van der Waals surface area contributed by atoms with Crippen molar-refractivity contribution in [2.75, 3.05) is 11.1 Å². The van der Waals surface area contributed by atoms with Crippen molar-refractivity contribution < 1.29 is 4.79 Å². The first kappa shape index (κ1) is 12.8. The lowest BCUT2D eigenvalue weighted by atomic mass is 10.3. The van der Waals surface area contributed by atoms with Gasteiger partial charge in [-0.2, -0.15) is 0 Å². The quantitative estimate of drug-likeness (QED) is 0.609. The molecule has 1 unspecified atom stereocenters. The second kappa shape index (κ2) is 6.35. The molecule has 0 heterocycles. The van der Waals surface area contributed by atoms with Crippen LogP contribution in [0.3, 0.4) is 0 Å². The van der Waals surface area contributed by atoms with Crippen LogP contribution in [0, 0.1) is 0 Å². The molecule has 86 valence electrons. The summed E-state index contributed by atoms with van der Waals surface area (Å²) < 4.78 is 0. The standard InChI is InChI=1S/C12H16N2OS/c1-3-8-16-11-7-5-4-6-10(11)14-12(15)9(2)13/h3-7,9H,1,8,13H2,2H3,(H,14,15). The Morgan fingerprint density at radius 1 is 1.62 bits per heavy atom. The van der Waals surface area contributed by atoms with Gasteiger partial charge >= 0.3 is 0 Å². The second-order valence-electron chi connectivity index (χ2n) is 3.37. The van der Waals surface area contributed by atoms with Crippen LogP contribution in [0.25, 0.3) is 0 Å². The van der Waals surface area contributed by atoms with Crippen LogP contribution in [0.1, 0.15) is 6.92 Å². The molecule has 0 bridgehead atoms. The van der Waals surface area contributed by atoms with Crippen molar-refractivity contribution in [2.24, 2.45) is 5.73 Å². The normalized spacial score (nSPS) is 11.9. The largest absolute Gasteiger partial charge is 0.324 e. The van der Waals surface area contributed by atoms with Crippen molar-refractivity contribution in [2.45, 2.75) is 17.9 Å². The maximum Gasteiger partial charge on any atom is 0.241 e. The smallest absolute Gasteiger partial charge is 0.241 e. The fourth-order valence-electron chi connectivity index (χ4n) is 1.09. The highest BCUT2D eigenvalue weighted by Gasteiger charge is 2.09. The number of nitrogens with two attached hydrogens (primary N) is 1. The molecule has 3 N–H and O–H groups in total. The number of para-hydroxylation sites is 1. The van der Waals surface area contributed by atoms with Gasteiger partial charge in [0, 0.05) is 10.6 Å². The summed E-state index contributed by atoms with van der Waals surface area (Å²) in [5.74, 6) is 0.636. The van der Waals surface area contributed by atoms with E-state index in [2.05, 4.69) is 11.9 Å². The maximum absolute atomic E-state index is 11.5. The molecule has 3 nitrogen and oxygen atoms in total. The number of benzene rings is 1. The van der Waals surface area contributed by atoms with Crippen molar-refractivity contribution in [1.82, 2.24) is 0 Å². The van der Waals surface area contributed by atoms with Gasteiger partial charge in [-0.3, -0.25) is 4.79 Å². The number of amides is 1. The molecule has 4 heteroatoms. The number of hydrogen-bond acceptors (Lipinski definition) is 3. The lowest BCUT2D eigenvalue weighted by molar-refractivity contribution is -0.117. The minimum absolute atomic E-state index is 0.174. The van der Waals surface area contributed by atoms with E-state index in [0.29, 0.717) is 0 Å². The Balaban J connectivity index is 2.78. The van der Waals surface area contributed by atoms with E-state index < -0.39 is 6.04 Å². The van der Waals surface area contributed by atoms with Crippen LogP contribution in [0.15, 0.2) is 41.8 Å². The molecule has 1 aromatic carbocycles. The summed E-state index contributed by atoms with van der Waals surface area (Å²) >= 11 is 1.63. The molecule has 1 amide bonds. The third-order valence-electron chi connectivity index (χ3n) is 1.92. The molecule has 0 aliphatic heterocycles. The maximum atomic E-state index is 11.5. The fourth-order valence-corrected chi connectivity index (χ4v) is 1.84. The van der Waals surface area contributed by atoms with Gasteiger partial charge in [-0.1, -0.05) is 18.2 Å². The predicted octanol–water partition coefficient (Wildman–Crippen LogP) is 2.25. The van der Waals surface area contributed by atoms with Crippen LogP contribution >= 0.6 is 11.8 Å². The Hall–Kier alpha value is -1.26. The summed E-state index contributed by atoms with van der Waals surface area (Å²) in [6.45, 7) is 5.33. The van der Waals surface area contributed by atoms with Gasteiger partial charge in [0.2, 0.25) is 5.91 Å². The van der Waals surface area contributed by atoms with E-state index in [1.54, 1.807) is 18.7 Å². The summed E-state index contributed by atoms with van der Waals surface area (Å²) in [6, 6.07) is 7.15. The first-order valence-electron chi connectivity index (χ1n) is 5.04. The molecule has 0 aromatic heterocycles. The van der Waals surface area contributed by atoms with Crippen LogP contribution < -0.4 is 11.1 Å². The minimum Gasteiger partial charge on any atom is -0.324 e. The molecule has 0 saturated carbocycles. The van der Waals surface area contributed by atoms with Gasteiger partial charge in [0.05, 0.1) is 11.7 Å². The fraction of sp³-hybridized carbons (Fsp3) is 0.250. The zero-order chi connectivity index (χ0) is 12.0. The lowest BCUT2D eigenvalue weighted by Gasteiger charge is -2.11. The van der Waals surface area contributed by atoms with Crippen molar-refractivity contribution in [3.05, 3.63) is 36.9 Å². The monoisotopic (exact) mass is 236 g/mol. The predicted molar refractivity (Wildman–Crippen MR) is 69.6 cm³/mol. The molecular formula is C12H16N2OS. The molecule has 0 spiro atoms. The summed E-state index contributed by atoms with van der Waals surface area (Å²) in [5, 5.41) is 2.80. The third-order valence-corrected chi connectivity index (χ3v) is 2.98. The first-order chi connectivity index (χ1) is 7.65. The Bertz CT molecular complexity index is 377. The number of rotatable bonds is 5. The molecule has 0 aliphatic carbocycles. The third kappa shape index (κ3) is 3.72. The molecule has 0 aliphatic rings. The van der Waals surface area contributed by atoms with Gasteiger partial charge in [0.25, 0.3) is 0 Å². The Morgan fingerprint density at radius 2 is 2.31 bits per heavy atom. The highest BCUT2D eigenvalue weighted by Crippen LogP contribution is 2.26. The van der Waals surface area contributed by atoms with E-state index in [1.165, 1.54) is 0 Å². The molecule has 16 heavy (non-hydrogen) atoms. The molecule has 0 radical (unpaired) electrons. The highest BCUT2D eigenvalue weighted by atomic mass is 32.2. The minimum atomic E-state index is -0.502. The van der Waals surface area contributed by atoms with Crippen LogP contribution in [0.4, 0.5) is 5.69 Å². The zero-order valence-electron chi connectivity index (χ0n) is 9.27. The molecule has 1 atom stereocenters. The van der Waals surface area contributed by atoms with Crippen molar-refractivity contribution in [3.63, 3.8) is 0 Å². The van der Waals surface area contributed by atoms with Gasteiger partial charge in [-0.25, -0.2) is 0 Å². The van der Waals surface area contributed by atoms with Crippen molar-refractivity contribution in [1.29, 1.82) is 0 Å². The number of carbonyl (C=O) groups excluding carboxylic acids is 1. The number of nitrogens with one attached hydrogen (secondary N) is 1. The summed E-state index contributed by atoms with van der Waals surface area (Å²) in [6.07, 6.45) is 1.83. The van der Waals surface area contributed by atoms with Gasteiger partial charge in [0.1, 0.15) is 0 Å². The van der Waals surface area contributed by atoms with E-state index in [1.807, 2.05) is 30.3 Å². The van der Waals surface area contributed by atoms with Crippen LogP contribution in [-0.4, -0.2) is 17.7 Å². The second-order valence-corrected chi connectivity index (χ2v) is 4.44. The molecule has 0 fully saturated rings.